The van der Waals surface area contributed by atoms with Crippen molar-refractivity contribution in [2.45, 2.75) is 4.21 Å². The van der Waals surface area contributed by atoms with Gasteiger partial charge in [-0.2, -0.15) is 0 Å². The number of hydrogen-bond acceptors (Lipinski definition) is 6. The fourth-order valence-corrected chi connectivity index (χ4v) is 5.03. The SMILES string of the molecule is CN(C(=O)COc1ccc(N(C)S(=O)(=O)c2cccs2)cc1)c1ccc(C(N)=O)cc1. The van der Waals surface area contributed by atoms with Crippen molar-refractivity contribution in [1.82, 2.24) is 0 Å². The van der Waals surface area contributed by atoms with E-state index in [1.807, 2.05) is 0 Å². The van der Waals surface area contributed by atoms with Crippen molar-refractivity contribution < 1.29 is 22.7 Å². The third-order valence-electron chi connectivity index (χ3n) is 4.59. The third-order valence-corrected chi connectivity index (χ3v) is 7.74. The molecule has 0 aliphatic heterocycles. The van der Waals surface area contributed by atoms with Gasteiger partial charge in [0.15, 0.2) is 6.61 Å². The van der Waals surface area contributed by atoms with Gasteiger partial charge in [-0.05, 0) is 60.0 Å². The summed E-state index contributed by atoms with van der Waals surface area (Å²) in [6, 6.07) is 16.0. The zero-order chi connectivity index (χ0) is 22.6. The van der Waals surface area contributed by atoms with Crippen molar-refractivity contribution in [3.05, 3.63) is 71.6 Å². The van der Waals surface area contributed by atoms with E-state index < -0.39 is 15.9 Å². The number of ether oxygens (including phenoxy) is 1. The van der Waals surface area contributed by atoms with Crippen molar-refractivity contribution in [3.63, 3.8) is 0 Å². The number of primary amides is 1. The Hall–Kier alpha value is -3.37. The highest BCUT2D eigenvalue weighted by molar-refractivity contribution is 7.94. The van der Waals surface area contributed by atoms with Crippen LogP contribution in [0.1, 0.15) is 10.4 Å². The first kappa shape index (κ1) is 22.3. The molecule has 0 bridgehead atoms. The number of carbonyl (C=O) groups is 2. The maximum absolute atomic E-state index is 12.6. The molecule has 3 rings (SSSR count). The Kier molecular flexibility index (Phi) is 6.62. The van der Waals surface area contributed by atoms with E-state index in [4.69, 9.17) is 10.5 Å². The van der Waals surface area contributed by atoms with Crippen LogP contribution in [0.2, 0.25) is 0 Å². The number of sulfonamides is 1. The van der Waals surface area contributed by atoms with Crippen LogP contribution >= 0.6 is 11.3 Å². The fourth-order valence-electron chi connectivity index (χ4n) is 2.67. The summed E-state index contributed by atoms with van der Waals surface area (Å²) in [5.41, 5.74) is 6.63. The Balaban J connectivity index is 1.61. The van der Waals surface area contributed by atoms with Crippen LogP contribution in [-0.2, 0) is 14.8 Å². The Bertz CT molecular complexity index is 1160. The first-order valence-electron chi connectivity index (χ1n) is 9.12. The average Bonchev–Trinajstić information content (AvgIpc) is 3.33. The zero-order valence-corrected chi connectivity index (χ0v) is 18.5. The largest absolute Gasteiger partial charge is 0.484 e. The van der Waals surface area contributed by atoms with E-state index in [2.05, 4.69) is 0 Å². The molecule has 0 fully saturated rings. The van der Waals surface area contributed by atoms with Gasteiger partial charge in [-0.25, -0.2) is 8.42 Å². The predicted octanol–water partition coefficient (Wildman–Crippen LogP) is 2.71. The summed E-state index contributed by atoms with van der Waals surface area (Å²) in [6.07, 6.45) is 0. The van der Waals surface area contributed by atoms with E-state index in [1.165, 1.54) is 16.3 Å². The molecule has 0 unspecified atom stereocenters. The molecule has 0 aliphatic carbocycles. The Morgan fingerprint density at radius 1 is 0.968 bits per heavy atom. The van der Waals surface area contributed by atoms with Crippen LogP contribution in [0.4, 0.5) is 11.4 Å². The van der Waals surface area contributed by atoms with Gasteiger partial charge in [-0.1, -0.05) is 6.07 Å². The monoisotopic (exact) mass is 459 g/mol. The van der Waals surface area contributed by atoms with Crippen molar-refractivity contribution in [2.75, 3.05) is 29.9 Å². The van der Waals surface area contributed by atoms with Crippen molar-refractivity contribution >= 4 is 44.5 Å². The van der Waals surface area contributed by atoms with Gasteiger partial charge >= 0.3 is 0 Å². The number of nitrogens with two attached hydrogens (primary N) is 1. The second-order valence-electron chi connectivity index (χ2n) is 6.55. The highest BCUT2D eigenvalue weighted by Gasteiger charge is 2.22. The second kappa shape index (κ2) is 9.19. The lowest BCUT2D eigenvalue weighted by molar-refractivity contribution is -0.120. The zero-order valence-electron chi connectivity index (χ0n) is 16.9. The highest BCUT2D eigenvalue weighted by Crippen LogP contribution is 2.26. The molecule has 0 saturated heterocycles. The maximum atomic E-state index is 12.6. The van der Waals surface area contributed by atoms with Crippen LogP contribution in [0.5, 0.6) is 5.75 Å². The average molecular weight is 460 g/mol. The lowest BCUT2D eigenvalue weighted by Crippen LogP contribution is -2.31. The summed E-state index contributed by atoms with van der Waals surface area (Å²) in [4.78, 5) is 24.9. The van der Waals surface area contributed by atoms with Gasteiger partial charge in [-0.3, -0.25) is 13.9 Å². The molecule has 10 heteroatoms. The van der Waals surface area contributed by atoms with E-state index in [9.17, 15) is 18.0 Å². The molecular weight excluding hydrogens is 438 g/mol. The third kappa shape index (κ3) is 5.04. The molecule has 0 radical (unpaired) electrons. The number of hydrogen-bond donors (Lipinski definition) is 1. The minimum atomic E-state index is -3.62. The van der Waals surface area contributed by atoms with Gasteiger partial charge in [0.2, 0.25) is 5.91 Å². The molecule has 3 aromatic rings. The van der Waals surface area contributed by atoms with Crippen LogP contribution in [0.15, 0.2) is 70.3 Å². The molecule has 0 aliphatic rings. The summed E-state index contributed by atoms with van der Waals surface area (Å²) in [7, 11) is -0.542. The fraction of sp³-hybridized carbons (Fsp3) is 0.143. The summed E-state index contributed by atoms with van der Waals surface area (Å²) < 4.78 is 32.2. The lowest BCUT2D eigenvalue weighted by atomic mass is 10.2. The van der Waals surface area contributed by atoms with Gasteiger partial charge in [0.25, 0.3) is 15.9 Å². The number of likely N-dealkylation sites (N-methyl/N-ethyl adjacent to an activating group) is 1. The first-order chi connectivity index (χ1) is 14.7. The van der Waals surface area contributed by atoms with Gasteiger partial charge in [-0.15, -0.1) is 11.3 Å². The summed E-state index contributed by atoms with van der Waals surface area (Å²) in [5, 5.41) is 1.71. The molecule has 8 nitrogen and oxygen atoms in total. The number of amides is 2. The molecule has 1 aromatic heterocycles. The summed E-state index contributed by atoms with van der Waals surface area (Å²) in [5.74, 6) is -0.411. The number of carbonyl (C=O) groups excluding carboxylic acids is 2. The lowest BCUT2D eigenvalue weighted by Gasteiger charge is -2.19. The topological polar surface area (TPSA) is 110 Å². The van der Waals surface area contributed by atoms with Crippen LogP contribution < -0.4 is 19.7 Å². The summed E-state index contributed by atoms with van der Waals surface area (Å²) in [6.45, 7) is -0.212. The molecule has 162 valence electrons. The minimum Gasteiger partial charge on any atom is -0.484 e. The van der Waals surface area contributed by atoms with Crippen LogP contribution in [0.3, 0.4) is 0 Å². The first-order valence-corrected chi connectivity index (χ1v) is 11.4. The predicted molar refractivity (Wildman–Crippen MR) is 120 cm³/mol. The van der Waals surface area contributed by atoms with Crippen LogP contribution in [0.25, 0.3) is 0 Å². The Labute approximate surface area is 184 Å². The number of rotatable bonds is 8. The quantitative estimate of drug-likeness (QED) is 0.557. The molecule has 2 amide bonds. The molecule has 2 aromatic carbocycles. The molecule has 2 N–H and O–H groups in total. The maximum Gasteiger partial charge on any atom is 0.273 e. The number of benzene rings is 2. The minimum absolute atomic E-state index is 0.212. The molecule has 0 atom stereocenters. The van der Waals surface area contributed by atoms with E-state index in [0.29, 0.717) is 22.7 Å². The van der Waals surface area contributed by atoms with Crippen molar-refractivity contribution in [1.29, 1.82) is 0 Å². The van der Waals surface area contributed by atoms with Gasteiger partial charge < -0.3 is 15.4 Å². The van der Waals surface area contributed by atoms with E-state index >= 15 is 0 Å². The van der Waals surface area contributed by atoms with Crippen molar-refractivity contribution in [3.8, 4) is 5.75 Å². The number of anilines is 2. The molecular formula is C21H21N3O5S2. The van der Waals surface area contributed by atoms with Crippen LogP contribution in [-0.4, -0.2) is 40.9 Å². The molecule has 0 spiro atoms. The number of nitrogens with zero attached hydrogens (tertiary/aromatic N) is 2. The molecule has 31 heavy (non-hydrogen) atoms. The van der Waals surface area contributed by atoms with E-state index in [1.54, 1.807) is 73.1 Å². The standard InChI is InChI=1S/C21H21N3O5S2/c1-23(16-7-5-15(6-8-16)21(22)26)19(25)14-29-18-11-9-17(10-12-18)24(2)31(27,28)20-4-3-13-30-20/h3-13H,14H2,1-2H3,(H2,22,26). The molecule has 1 heterocycles. The smallest absolute Gasteiger partial charge is 0.273 e. The Morgan fingerprint density at radius 2 is 1.58 bits per heavy atom. The van der Waals surface area contributed by atoms with Gasteiger partial charge in [0.1, 0.15) is 9.96 Å². The normalized spacial score (nSPS) is 11.0. The summed E-state index contributed by atoms with van der Waals surface area (Å²) >= 11 is 1.15. The highest BCUT2D eigenvalue weighted by atomic mass is 32.2. The molecule has 0 saturated carbocycles. The van der Waals surface area contributed by atoms with Gasteiger partial charge in [0.05, 0.1) is 5.69 Å². The van der Waals surface area contributed by atoms with Crippen LogP contribution in [0, 0.1) is 0 Å². The van der Waals surface area contributed by atoms with Crippen molar-refractivity contribution in [2.24, 2.45) is 5.73 Å². The Morgan fingerprint density at radius 3 is 2.13 bits per heavy atom. The second-order valence-corrected chi connectivity index (χ2v) is 9.69. The van der Waals surface area contributed by atoms with E-state index in [-0.39, 0.29) is 16.7 Å². The van der Waals surface area contributed by atoms with E-state index in [0.717, 1.165) is 11.3 Å². The number of thiophene rings is 1. The van der Waals surface area contributed by atoms with Gasteiger partial charge in [0, 0.05) is 25.3 Å².